The molecular weight excluding hydrogens is 370 g/mol. The number of benzene rings is 1. The van der Waals surface area contributed by atoms with Crippen molar-refractivity contribution in [2.45, 2.75) is 26.2 Å². The first-order valence-corrected chi connectivity index (χ1v) is 9.38. The molecule has 0 bridgehead atoms. The number of aryl methyl sites for hydroxylation is 1. The molecule has 3 aromatic rings. The van der Waals surface area contributed by atoms with E-state index in [1.165, 1.54) is 6.42 Å². The Balaban J connectivity index is 1.90. The third kappa shape index (κ3) is 3.01. The fourth-order valence-electron chi connectivity index (χ4n) is 3.34. The van der Waals surface area contributed by atoms with Crippen molar-refractivity contribution in [1.29, 1.82) is 0 Å². The Kier molecular flexibility index (Phi) is 4.50. The Morgan fingerprint density at radius 3 is 2.50 bits per heavy atom. The van der Waals surface area contributed by atoms with Crippen molar-refractivity contribution < 1.29 is 0 Å². The standard InChI is InChI=1S/C18H18ClN5OS/c1-11-20-15-14(17(26)24(11)13-7-5-12(19)6-8-13)16(25)22-18(21-15)23-9-3-2-4-10-23/h5-8H,2-4,9-10H2,1H3,(H,21,22,25). The predicted molar refractivity (Wildman–Crippen MR) is 106 cm³/mol. The van der Waals surface area contributed by atoms with E-state index in [4.69, 9.17) is 23.8 Å². The lowest BCUT2D eigenvalue weighted by atomic mass is 10.1. The highest BCUT2D eigenvalue weighted by atomic mass is 35.5. The zero-order valence-electron chi connectivity index (χ0n) is 14.3. The van der Waals surface area contributed by atoms with E-state index in [0.29, 0.717) is 32.5 Å². The maximum absolute atomic E-state index is 12.7. The van der Waals surface area contributed by atoms with Crippen LogP contribution in [0.1, 0.15) is 25.1 Å². The van der Waals surface area contributed by atoms with Crippen LogP contribution in [0.3, 0.4) is 0 Å². The lowest BCUT2D eigenvalue weighted by Crippen LogP contribution is -2.32. The summed E-state index contributed by atoms with van der Waals surface area (Å²) in [4.78, 5) is 26.9. The maximum atomic E-state index is 12.7. The van der Waals surface area contributed by atoms with Gasteiger partial charge in [0.25, 0.3) is 5.56 Å². The Morgan fingerprint density at radius 2 is 1.81 bits per heavy atom. The van der Waals surface area contributed by atoms with Crippen molar-refractivity contribution in [3.05, 3.63) is 50.1 Å². The highest BCUT2D eigenvalue weighted by Gasteiger charge is 2.17. The van der Waals surface area contributed by atoms with Crippen LogP contribution in [0.4, 0.5) is 5.95 Å². The number of hydrogen-bond donors (Lipinski definition) is 1. The predicted octanol–water partition coefficient (Wildman–Crippen LogP) is 3.79. The van der Waals surface area contributed by atoms with Crippen LogP contribution in [0.2, 0.25) is 5.02 Å². The monoisotopic (exact) mass is 387 g/mol. The third-order valence-corrected chi connectivity index (χ3v) is 5.28. The highest BCUT2D eigenvalue weighted by Crippen LogP contribution is 2.20. The second-order valence-electron chi connectivity index (χ2n) is 6.41. The van der Waals surface area contributed by atoms with Gasteiger partial charge in [-0.05, 0) is 50.5 Å². The van der Waals surface area contributed by atoms with Crippen LogP contribution in [0, 0.1) is 11.6 Å². The molecule has 8 heteroatoms. The van der Waals surface area contributed by atoms with Crippen LogP contribution in [0.5, 0.6) is 0 Å². The minimum atomic E-state index is -0.254. The smallest absolute Gasteiger partial charge is 0.264 e. The Hall–Kier alpha value is -2.25. The molecule has 134 valence electrons. The second kappa shape index (κ2) is 6.81. The van der Waals surface area contributed by atoms with E-state index in [-0.39, 0.29) is 5.56 Å². The van der Waals surface area contributed by atoms with Gasteiger partial charge in [0.05, 0.1) is 0 Å². The molecule has 0 spiro atoms. The lowest BCUT2D eigenvalue weighted by molar-refractivity contribution is 0.568. The summed E-state index contributed by atoms with van der Waals surface area (Å²) in [6.45, 7) is 3.64. The minimum Gasteiger partial charge on any atom is -0.342 e. The molecule has 6 nitrogen and oxygen atoms in total. The van der Waals surface area contributed by atoms with Gasteiger partial charge in [0.1, 0.15) is 15.9 Å². The number of fused-ring (bicyclic) bond motifs is 1. The van der Waals surface area contributed by atoms with Crippen molar-refractivity contribution in [1.82, 2.24) is 19.5 Å². The van der Waals surface area contributed by atoms with E-state index in [9.17, 15) is 4.79 Å². The maximum Gasteiger partial charge on any atom is 0.264 e. The Bertz CT molecular complexity index is 1080. The summed E-state index contributed by atoms with van der Waals surface area (Å²) in [7, 11) is 0. The third-order valence-electron chi connectivity index (χ3n) is 4.64. The number of anilines is 1. The first-order chi connectivity index (χ1) is 12.5. The molecule has 1 fully saturated rings. The van der Waals surface area contributed by atoms with Crippen LogP contribution in [-0.4, -0.2) is 32.6 Å². The van der Waals surface area contributed by atoms with Crippen LogP contribution in [-0.2, 0) is 0 Å². The van der Waals surface area contributed by atoms with Crippen molar-refractivity contribution in [3.8, 4) is 5.69 Å². The molecule has 1 aromatic carbocycles. The largest absolute Gasteiger partial charge is 0.342 e. The minimum absolute atomic E-state index is 0.254. The summed E-state index contributed by atoms with van der Waals surface area (Å²) in [5, 5.41) is 0.971. The van der Waals surface area contributed by atoms with E-state index in [2.05, 4.69) is 19.9 Å². The SMILES string of the molecule is Cc1nc2nc(N3CCCCC3)[nH]c(=O)c2c(=S)n1-c1ccc(Cl)cc1. The van der Waals surface area contributed by atoms with Gasteiger partial charge < -0.3 is 4.90 Å². The van der Waals surface area contributed by atoms with Crippen molar-refractivity contribution >= 4 is 40.8 Å². The molecule has 0 unspecified atom stereocenters. The number of nitrogens with zero attached hydrogens (tertiary/aromatic N) is 4. The quantitative estimate of drug-likeness (QED) is 0.677. The number of nitrogens with one attached hydrogen (secondary N) is 1. The average Bonchev–Trinajstić information content (AvgIpc) is 2.63. The summed E-state index contributed by atoms with van der Waals surface area (Å²) in [5.41, 5.74) is 0.948. The number of aromatic nitrogens is 4. The number of halogens is 1. The van der Waals surface area contributed by atoms with Gasteiger partial charge in [-0.25, -0.2) is 4.98 Å². The average molecular weight is 388 g/mol. The molecule has 0 amide bonds. The number of hydrogen-bond acceptors (Lipinski definition) is 5. The van der Waals surface area contributed by atoms with Crippen LogP contribution in [0.15, 0.2) is 29.1 Å². The van der Waals surface area contributed by atoms with Gasteiger partial charge in [0, 0.05) is 23.8 Å². The van der Waals surface area contributed by atoms with Crippen molar-refractivity contribution in [3.63, 3.8) is 0 Å². The van der Waals surface area contributed by atoms with Gasteiger partial charge >= 0.3 is 0 Å². The summed E-state index contributed by atoms with van der Waals surface area (Å²) in [5.74, 6) is 1.25. The highest BCUT2D eigenvalue weighted by molar-refractivity contribution is 7.71. The molecule has 0 atom stereocenters. The number of piperidine rings is 1. The van der Waals surface area contributed by atoms with E-state index in [1.807, 2.05) is 19.1 Å². The molecule has 1 N–H and O–H groups in total. The molecule has 0 saturated carbocycles. The summed E-state index contributed by atoms with van der Waals surface area (Å²) < 4.78 is 2.17. The molecule has 1 aliphatic rings. The fraction of sp³-hybridized carbons (Fsp3) is 0.333. The number of H-pyrrole nitrogens is 1. The van der Waals surface area contributed by atoms with Gasteiger partial charge in [-0.3, -0.25) is 14.3 Å². The van der Waals surface area contributed by atoms with Gasteiger partial charge in [0.2, 0.25) is 5.95 Å². The molecular formula is C18H18ClN5OS. The van der Waals surface area contributed by atoms with Crippen LogP contribution >= 0.6 is 23.8 Å². The fourth-order valence-corrected chi connectivity index (χ4v) is 3.88. The van der Waals surface area contributed by atoms with E-state index >= 15 is 0 Å². The Morgan fingerprint density at radius 1 is 1.12 bits per heavy atom. The van der Waals surface area contributed by atoms with Crippen molar-refractivity contribution in [2.75, 3.05) is 18.0 Å². The zero-order chi connectivity index (χ0) is 18.3. The van der Waals surface area contributed by atoms with Crippen LogP contribution in [0.25, 0.3) is 16.7 Å². The molecule has 0 aliphatic carbocycles. The van der Waals surface area contributed by atoms with Gasteiger partial charge in [-0.2, -0.15) is 4.98 Å². The second-order valence-corrected chi connectivity index (χ2v) is 7.23. The lowest BCUT2D eigenvalue weighted by Gasteiger charge is -2.27. The van der Waals surface area contributed by atoms with Gasteiger partial charge in [-0.15, -0.1) is 0 Å². The molecule has 4 rings (SSSR count). The summed E-state index contributed by atoms with van der Waals surface area (Å²) in [6.07, 6.45) is 3.42. The first-order valence-electron chi connectivity index (χ1n) is 8.59. The molecule has 2 aromatic heterocycles. The summed E-state index contributed by atoms with van der Waals surface area (Å²) in [6, 6.07) is 7.26. The molecule has 3 heterocycles. The van der Waals surface area contributed by atoms with Crippen LogP contribution < -0.4 is 10.5 Å². The van der Waals surface area contributed by atoms with Gasteiger partial charge in [-0.1, -0.05) is 23.8 Å². The van der Waals surface area contributed by atoms with Crippen molar-refractivity contribution in [2.24, 2.45) is 0 Å². The topological polar surface area (TPSA) is 66.8 Å². The number of rotatable bonds is 2. The summed E-state index contributed by atoms with van der Waals surface area (Å²) >= 11 is 11.6. The number of aromatic amines is 1. The normalized spacial score (nSPS) is 14.8. The van der Waals surface area contributed by atoms with E-state index < -0.39 is 0 Å². The van der Waals surface area contributed by atoms with E-state index in [0.717, 1.165) is 31.6 Å². The molecule has 0 radical (unpaired) electrons. The Labute approximate surface area is 160 Å². The van der Waals surface area contributed by atoms with E-state index in [1.54, 1.807) is 16.7 Å². The zero-order valence-corrected chi connectivity index (χ0v) is 15.9. The first kappa shape index (κ1) is 17.2. The van der Waals surface area contributed by atoms with Gasteiger partial charge in [0.15, 0.2) is 5.65 Å². The molecule has 1 aliphatic heterocycles. The molecule has 26 heavy (non-hydrogen) atoms. The molecule has 1 saturated heterocycles.